The number of carbonyl (C=O) groups is 2. The monoisotopic (exact) mass is 477 g/mol. The number of hydrogen-bond acceptors (Lipinski definition) is 4. The van der Waals surface area contributed by atoms with E-state index in [0.717, 1.165) is 28.0 Å². The molecular formula is C30H27N3O3. The zero-order valence-electron chi connectivity index (χ0n) is 20.2. The third kappa shape index (κ3) is 6.45. The molecule has 0 atom stereocenters. The van der Waals surface area contributed by atoms with Gasteiger partial charge in [-0.25, -0.2) is 5.43 Å². The van der Waals surface area contributed by atoms with Crippen LogP contribution in [-0.2, 0) is 11.4 Å². The van der Waals surface area contributed by atoms with Crippen LogP contribution in [-0.4, -0.2) is 17.5 Å². The van der Waals surface area contributed by atoms with E-state index in [2.05, 4.69) is 28.0 Å². The maximum absolute atomic E-state index is 12.6. The highest BCUT2D eigenvalue weighted by Gasteiger charge is 2.08. The van der Waals surface area contributed by atoms with Gasteiger partial charge in [-0.2, -0.15) is 5.10 Å². The fourth-order valence-electron chi connectivity index (χ4n) is 3.65. The molecule has 0 saturated carbocycles. The maximum Gasteiger partial charge on any atom is 0.271 e. The first kappa shape index (κ1) is 24.4. The van der Waals surface area contributed by atoms with Crippen LogP contribution in [0.3, 0.4) is 0 Å². The van der Waals surface area contributed by atoms with Crippen molar-refractivity contribution in [1.29, 1.82) is 0 Å². The number of hydrazone groups is 1. The molecule has 6 heteroatoms. The lowest BCUT2D eigenvalue weighted by Crippen LogP contribution is -2.19. The molecule has 0 aromatic heterocycles. The fourth-order valence-corrected chi connectivity index (χ4v) is 3.65. The van der Waals surface area contributed by atoms with E-state index in [0.29, 0.717) is 23.6 Å². The molecule has 4 rings (SSSR count). The van der Waals surface area contributed by atoms with Gasteiger partial charge in [0, 0.05) is 23.7 Å². The second-order valence-corrected chi connectivity index (χ2v) is 8.25. The van der Waals surface area contributed by atoms with Gasteiger partial charge in [-0.3, -0.25) is 9.59 Å². The minimum absolute atomic E-state index is 0.149. The molecule has 0 unspecified atom stereocenters. The van der Waals surface area contributed by atoms with Gasteiger partial charge in [0.25, 0.3) is 5.91 Å². The Kier molecular flexibility index (Phi) is 7.88. The number of carbonyl (C=O) groups excluding carboxylic acids is 2. The second kappa shape index (κ2) is 11.6. The quantitative estimate of drug-likeness (QED) is 0.240. The molecule has 36 heavy (non-hydrogen) atoms. The smallest absolute Gasteiger partial charge is 0.271 e. The van der Waals surface area contributed by atoms with Gasteiger partial charge >= 0.3 is 0 Å². The summed E-state index contributed by atoms with van der Waals surface area (Å²) in [5.74, 6) is 0.344. The van der Waals surface area contributed by atoms with Crippen LogP contribution in [0.15, 0.2) is 108 Å². The summed E-state index contributed by atoms with van der Waals surface area (Å²) >= 11 is 0. The van der Waals surface area contributed by atoms with Gasteiger partial charge in [0.2, 0.25) is 5.91 Å². The van der Waals surface area contributed by atoms with Gasteiger partial charge < -0.3 is 10.1 Å². The maximum atomic E-state index is 12.6. The standard InChI is InChI=1S/C30H27N3O3/c1-21(26-11-8-12-27(19-26)31-22(2)34)32-33-30(35)25-17-15-23(16-18-25)20-36-29-14-7-6-13-28(29)24-9-4-3-5-10-24/h3-19H,20H2,1-2H3,(H,31,34)(H,33,35)/b32-21-. The van der Waals surface area contributed by atoms with E-state index in [9.17, 15) is 9.59 Å². The Bertz CT molecular complexity index is 1380. The van der Waals surface area contributed by atoms with Gasteiger partial charge in [-0.15, -0.1) is 0 Å². The fraction of sp³-hybridized carbons (Fsp3) is 0.100. The summed E-state index contributed by atoms with van der Waals surface area (Å²) in [5, 5.41) is 6.94. The number of anilines is 1. The van der Waals surface area contributed by atoms with E-state index in [1.807, 2.05) is 66.7 Å². The molecule has 2 N–H and O–H groups in total. The Labute approximate surface area is 210 Å². The van der Waals surface area contributed by atoms with Crippen molar-refractivity contribution in [3.8, 4) is 16.9 Å². The molecule has 0 heterocycles. The first-order chi connectivity index (χ1) is 17.5. The van der Waals surface area contributed by atoms with Crippen LogP contribution in [0.4, 0.5) is 5.69 Å². The third-order valence-corrected chi connectivity index (χ3v) is 5.51. The number of rotatable bonds is 8. The van der Waals surface area contributed by atoms with Crippen molar-refractivity contribution in [3.05, 3.63) is 120 Å². The number of para-hydroxylation sites is 1. The molecule has 4 aromatic carbocycles. The molecule has 0 aliphatic carbocycles. The molecule has 6 nitrogen and oxygen atoms in total. The minimum Gasteiger partial charge on any atom is -0.488 e. The molecular weight excluding hydrogens is 450 g/mol. The summed E-state index contributed by atoms with van der Waals surface area (Å²) in [6, 6.07) is 32.6. The van der Waals surface area contributed by atoms with E-state index < -0.39 is 0 Å². The zero-order chi connectivity index (χ0) is 25.3. The second-order valence-electron chi connectivity index (χ2n) is 8.25. The van der Waals surface area contributed by atoms with Crippen molar-refractivity contribution in [2.24, 2.45) is 5.10 Å². The SMILES string of the molecule is CC(=O)Nc1cccc(/C(C)=N\NC(=O)c2ccc(COc3ccccc3-c3ccccc3)cc2)c1. The molecule has 0 aliphatic rings. The molecule has 0 aliphatic heterocycles. The van der Waals surface area contributed by atoms with Crippen molar-refractivity contribution < 1.29 is 14.3 Å². The first-order valence-electron chi connectivity index (χ1n) is 11.6. The minimum atomic E-state index is -0.311. The Morgan fingerprint density at radius 2 is 1.50 bits per heavy atom. The number of ether oxygens (including phenoxy) is 1. The Hall–Kier alpha value is -4.71. The van der Waals surface area contributed by atoms with Gasteiger partial charge in [-0.05, 0) is 53.9 Å². The van der Waals surface area contributed by atoms with E-state index in [1.165, 1.54) is 6.92 Å². The predicted octanol–water partition coefficient (Wildman–Crippen LogP) is 6.05. The lowest BCUT2D eigenvalue weighted by molar-refractivity contribution is -0.114. The summed E-state index contributed by atoms with van der Waals surface area (Å²) in [4.78, 5) is 23.8. The van der Waals surface area contributed by atoms with Crippen LogP contribution in [0.2, 0.25) is 0 Å². The van der Waals surface area contributed by atoms with Gasteiger partial charge in [0.15, 0.2) is 0 Å². The van der Waals surface area contributed by atoms with E-state index in [-0.39, 0.29) is 11.8 Å². The summed E-state index contributed by atoms with van der Waals surface area (Å²) in [6.07, 6.45) is 0. The molecule has 0 fully saturated rings. The number of amides is 2. The normalized spacial score (nSPS) is 11.0. The number of benzene rings is 4. The van der Waals surface area contributed by atoms with Crippen LogP contribution < -0.4 is 15.5 Å². The molecule has 4 aromatic rings. The van der Waals surface area contributed by atoms with Crippen molar-refractivity contribution in [2.45, 2.75) is 20.5 Å². The summed E-state index contributed by atoms with van der Waals surface area (Å²) in [5.41, 5.74) is 8.25. The number of nitrogens with zero attached hydrogens (tertiary/aromatic N) is 1. The average molecular weight is 478 g/mol. The van der Waals surface area contributed by atoms with E-state index in [1.54, 1.807) is 31.2 Å². The Balaban J connectivity index is 1.37. The molecule has 0 bridgehead atoms. The average Bonchev–Trinajstić information content (AvgIpc) is 2.91. The molecule has 0 saturated heterocycles. The Morgan fingerprint density at radius 1 is 0.778 bits per heavy atom. The number of nitrogens with one attached hydrogen (secondary N) is 2. The predicted molar refractivity (Wildman–Crippen MR) is 143 cm³/mol. The van der Waals surface area contributed by atoms with Crippen LogP contribution in [0.25, 0.3) is 11.1 Å². The first-order valence-corrected chi connectivity index (χ1v) is 11.6. The van der Waals surface area contributed by atoms with Crippen molar-refractivity contribution >= 4 is 23.2 Å². The molecule has 0 radical (unpaired) electrons. The van der Waals surface area contributed by atoms with Crippen LogP contribution in [0, 0.1) is 0 Å². The van der Waals surface area contributed by atoms with Gasteiger partial charge in [0.1, 0.15) is 12.4 Å². The third-order valence-electron chi connectivity index (χ3n) is 5.51. The topological polar surface area (TPSA) is 79.8 Å². The molecule has 180 valence electrons. The van der Waals surface area contributed by atoms with E-state index in [4.69, 9.17) is 4.74 Å². The largest absolute Gasteiger partial charge is 0.488 e. The lowest BCUT2D eigenvalue weighted by atomic mass is 10.0. The Morgan fingerprint density at radius 3 is 2.25 bits per heavy atom. The zero-order valence-corrected chi connectivity index (χ0v) is 20.2. The van der Waals surface area contributed by atoms with Crippen molar-refractivity contribution in [2.75, 3.05) is 5.32 Å². The van der Waals surface area contributed by atoms with Crippen LogP contribution in [0.1, 0.15) is 35.3 Å². The summed E-state index contributed by atoms with van der Waals surface area (Å²) < 4.78 is 6.09. The highest BCUT2D eigenvalue weighted by atomic mass is 16.5. The van der Waals surface area contributed by atoms with Crippen LogP contribution in [0.5, 0.6) is 5.75 Å². The molecule has 2 amide bonds. The van der Waals surface area contributed by atoms with Crippen molar-refractivity contribution in [1.82, 2.24) is 5.43 Å². The van der Waals surface area contributed by atoms with Crippen LogP contribution >= 0.6 is 0 Å². The van der Waals surface area contributed by atoms with Gasteiger partial charge in [0.05, 0.1) is 5.71 Å². The van der Waals surface area contributed by atoms with E-state index >= 15 is 0 Å². The highest BCUT2D eigenvalue weighted by molar-refractivity contribution is 6.02. The lowest BCUT2D eigenvalue weighted by Gasteiger charge is -2.12. The van der Waals surface area contributed by atoms with Gasteiger partial charge in [-0.1, -0.05) is 72.8 Å². The highest BCUT2D eigenvalue weighted by Crippen LogP contribution is 2.30. The van der Waals surface area contributed by atoms with Crippen molar-refractivity contribution in [3.63, 3.8) is 0 Å². The summed E-state index contributed by atoms with van der Waals surface area (Å²) in [6.45, 7) is 3.63. The summed E-state index contributed by atoms with van der Waals surface area (Å²) in [7, 11) is 0. The number of hydrogen-bond donors (Lipinski definition) is 2. The molecule has 0 spiro atoms.